The summed E-state index contributed by atoms with van der Waals surface area (Å²) in [6.45, 7) is 3.78. The molecular weight excluding hydrogens is 174 g/mol. The molecule has 0 radical (unpaired) electrons. The van der Waals surface area contributed by atoms with E-state index in [1.54, 1.807) is 0 Å². The summed E-state index contributed by atoms with van der Waals surface area (Å²) >= 11 is 0. The molecule has 14 heavy (non-hydrogen) atoms. The lowest BCUT2D eigenvalue weighted by atomic mass is 9.77. The van der Waals surface area contributed by atoms with Gasteiger partial charge in [0.1, 0.15) is 0 Å². The van der Waals surface area contributed by atoms with Crippen LogP contribution < -0.4 is 0 Å². The highest BCUT2D eigenvalue weighted by atomic mass is 16.3. The monoisotopic (exact) mass is 195 g/mol. The minimum Gasteiger partial charge on any atom is -0.390 e. The molecule has 0 aromatic carbocycles. The minimum atomic E-state index is -0.262. The lowest BCUT2D eigenvalue weighted by molar-refractivity contribution is -0.0453. The second kappa shape index (κ2) is 3.21. The predicted octanol–water partition coefficient (Wildman–Crippen LogP) is 1.63. The van der Waals surface area contributed by atoms with Gasteiger partial charge in [-0.25, -0.2) is 0 Å². The molecule has 1 N–H and O–H groups in total. The molecule has 3 aliphatic rings. The molecule has 2 nitrogen and oxygen atoms in total. The average Bonchev–Trinajstić information content (AvgIpc) is 2.37. The molecule has 1 saturated heterocycles. The van der Waals surface area contributed by atoms with Gasteiger partial charge in [-0.05, 0) is 50.4 Å². The first-order valence-electron chi connectivity index (χ1n) is 6.20. The van der Waals surface area contributed by atoms with Gasteiger partial charge in [0.25, 0.3) is 0 Å². The molecule has 2 saturated carbocycles. The van der Waals surface area contributed by atoms with Crippen molar-refractivity contribution in [1.82, 2.24) is 4.90 Å². The molecule has 80 valence electrons. The lowest BCUT2D eigenvalue weighted by Crippen LogP contribution is -2.40. The topological polar surface area (TPSA) is 23.5 Å². The van der Waals surface area contributed by atoms with Crippen molar-refractivity contribution < 1.29 is 5.11 Å². The molecule has 1 heterocycles. The van der Waals surface area contributed by atoms with E-state index in [-0.39, 0.29) is 5.60 Å². The van der Waals surface area contributed by atoms with Gasteiger partial charge in [0.05, 0.1) is 5.60 Å². The SMILES string of the molecule is OC1(CCN2CC3CCC3C2)CCC1. The van der Waals surface area contributed by atoms with E-state index in [0.29, 0.717) is 0 Å². The summed E-state index contributed by atoms with van der Waals surface area (Å²) in [7, 11) is 0. The Balaban J connectivity index is 1.44. The van der Waals surface area contributed by atoms with Crippen molar-refractivity contribution in [2.75, 3.05) is 19.6 Å². The van der Waals surface area contributed by atoms with Crippen LogP contribution >= 0.6 is 0 Å². The highest BCUT2D eigenvalue weighted by molar-refractivity contribution is 4.93. The van der Waals surface area contributed by atoms with E-state index in [1.807, 2.05) is 0 Å². The van der Waals surface area contributed by atoms with Crippen molar-refractivity contribution in [2.24, 2.45) is 11.8 Å². The molecule has 3 fully saturated rings. The molecule has 0 aromatic heterocycles. The van der Waals surface area contributed by atoms with Crippen LogP contribution in [-0.4, -0.2) is 35.2 Å². The third-order valence-corrected chi connectivity index (χ3v) is 4.74. The Kier molecular flexibility index (Phi) is 2.10. The molecule has 2 atom stereocenters. The van der Waals surface area contributed by atoms with Gasteiger partial charge in [0.2, 0.25) is 0 Å². The van der Waals surface area contributed by atoms with Gasteiger partial charge in [-0.3, -0.25) is 0 Å². The Hall–Kier alpha value is -0.0800. The normalized spacial score (nSPS) is 40.1. The smallest absolute Gasteiger partial charge is 0.0660 e. The number of rotatable bonds is 3. The third-order valence-electron chi connectivity index (χ3n) is 4.74. The van der Waals surface area contributed by atoms with Crippen molar-refractivity contribution in [3.05, 3.63) is 0 Å². The van der Waals surface area contributed by atoms with Crippen LogP contribution in [-0.2, 0) is 0 Å². The van der Waals surface area contributed by atoms with Crippen molar-refractivity contribution >= 4 is 0 Å². The van der Waals surface area contributed by atoms with Crippen molar-refractivity contribution in [3.8, 4) is 0 Å². The standard InChI is InChI=1S/C12H21NO/c14-12(4-1-5-12)6-7-13-8-10-2-3-11(10)9-13/h10-11,14H,1-9H2. The van der Waals surface area contributed by atoms with E-state index >= 15 is 0 Å². The van der Waals surface area contributed by atoms with E-state index in [2.05, 4.69) is 4.90 Å². The summed E-state index contributed by atoms with van der Waals surface area (Å²) in [6.07, 6.45) is 7.28. The average molecular weight is 195 g/mol. The molecule has 0 bridgehead atoms. The second-order valence-corrected chi connectivity index (χ2v) is 5.68. The summed E-state index contributed by atoms with van der Waals surface area (Å²) in [5, 5.41) is 9.99. The third kappa shape index (κ3) is 1.49. The molecule has 0 spiro atoms. The van der Waals surface area contributed by atoms with E-state index in [0.717, 1.165) is 37.6 Å². The van der Waals surface area contributed by atoms with Crippen LogP contribution in [0.25, 0.3) is 0 Å². The summed E-state index contributed by atoms with van der Waals surface area (Å²) in [5.74, 6) is 2.04. The van der Waals surface area contributed by atoms with Gasteiger partial charge in [-0.15, -0.1) is 0 Å². The second-order valence-electron chi connectivity index (χ2n) is 5.68. The maximum atomic E-state index is 9.99. The van der Waals surface area contributed by atoms with Crippen molar-refractivity contribution in [2.45, 2.75) is 44.1 Å². The van der Waals surface area contributed by atoms with Gasteiger partial charge in [-0.1, -0.05) is 0 Å². The van der Waals surface area contributed by atoms with Gasteiger partial charge < -0.3 is 10.0 Å². The Morgan fingerprint density at radius 3 is 2.21 bits per heavy atom. The lowest BCUT2D eigenvalue weighted by Gasteiger charge is -2.37. The number of likely N-dealkylation sites (tertiary alicyclic amines) is 1. The predicted molar refractivity (Wildman–Crippen MR) is 56.1 cm³/mol. The fourth-order valence-electron chi connectivity index (χ4n) is 3.24. The maximum absolute atomic E-state index is 9.99. The summed E-state index contributed by atoms with van der Waals surface area (Å²) in [6, 6.07) is 0. The molecular formula is C12H21NO. The van der Waals surface area contributed by atoms with Crippen LogP contribution in [0.15, 0.2) is 0 Å². The molecule has 0 aromatic rings. The Labute approximate surface area is 86.3 Å². The van der Waals surface area contributed by atoms with Crippen LogP contribution in [0.1, 0.15) is 38.5 Å². The number of hydrogen-bond acceptors (Lipinski definition) is 2. The summed E-state index contributed by atoms with van der Waals surface area (Å²) in [4.78, 5) is 2.58. The van der Waals surface area contributed by atoms with E-state index in [4.69, 9.17) is 0 Å². The first-order chi connectivity index (χ1) is 6.75. The molecule has 2 aliphatic carbocycles. The van der Waals surface area contributed by atoms with Gasteiger partial charge in [0.15, 0.2) is 0 Å². The minimum absolute atomic E-state index is 0.262. The zero-order chi connectivity index (χ0) is 9.60. The van der Waals surface area contributed by atoms with Gasteiger partial charge in [0, 0.05) is 19.6 Å². The summed E-state index contributed by atoms with van der Waals surface area (Å²) < 4.78 is 0. The molecule has 1 aliphatic heterocycles. The van der Waals surface area contributed by atoms with Gasteiger partial charge >= 0.3 is 0 Å². The number of fused-ring (bicyclic) bond motifs is 1. The van der Waals surface area contributed by atoms with Crippen LogP contribution in [0.3, 0.4) is 0 Å². The summed E-state index contributed by atoms with van der Waals surface area (Å²) in [5.41, 5.74) is -0.262. The first-order valence-corrected chi connectivity index (χ1v) is 6.20. The zero-order valence-electron chi connectivity index (χ0n) is 8.91. The highest BCUT2D eigenvalue weighted by Crippen LogP contribution is 2.41. The van der Waals surface area contributed by atoms with Crippen LogP contribution in [0.4, 0.5) is 0 Å². The number of aliphatic hydroxyl groups is 1. The Morgan fingerprint density at radius 2 is 1.79 bits per heavy atom. The van der Waals surface area contributed by atoms with Crippen LogP contribution in [0.5, 0.6) is 0 Å². The van der Waals surface area contributed by atoms with E-state index in [1.165, 1.54) is 32.4 Å². The molecule has 0 amide bonds. The van der Waals surface area contributed by atoms with Crippen LogP contribution in [0.2, 0.25) is 0 Å². The van der Waals surface area contributed by atoms with Crippen molar-refractivity contribution in [3.63, 3.8) is 0 Å². The Morgan fingerprint density at radius 1 is 1.14 bits per heavy atom. The highest BCUT2D eigenvalue weighted by Gasteiger charge is 2.40. The fourth-order valence-corrected chi connectivity index (χ4v) is 3.24. The van der Waals surface area contributed by atoms with E-state index < -0.39 is 0 Å². The van der Waals surface area contributed by atoms with Crippen molar-refractivity contribution in [1.29, 1.82) is 0 Å². The van der Waals surface area contributed by atoms with Gasteiger partial charge in [-0.2, -0.15) is 0 Å². The molecule has 3 rings (SSSR count). The Bertz CT molecular complexity index is 212. The number of nitrogens with zero attached hydrogens (tertiary/aromatic N) is 1. The first kappa shape index (κ1) is 9.17. The molecule has 2 unspecified atom stereocenters. The largest absolute Gasteiger partial charge is 0.390 e. The zero-order valence-corrected chi connectivity index (χ0v) is 8.91. The molecule has 2 heteroatoms. The number of hydrogen-bond donors (Lipinski definition) is 1. The van der Waals surface area contributed by atoms with Crippen LogP contribution in [0, 0.1) is 11.8 Å². The maximum Gasteiger partial charge on any atom is 0.0660 e. The van der Waals surface area contributed by atoms with E-state index in [9.17, 15) is 5.11 Å². The fraction of sp³-hybridized carbons (Fsp3) is 1.00. The quantitative estimate of drug-likeness (QED) is 0.740.